The van der Waals surface area contributed by atoms with Crippen LogP contribution in [0, 0.1) is 5.41 Å². The minimum absolute atomic E-state index is 0.0666. The molecule has 5 nitrogen and oxygen atoms in total. The van der Waals surface area contributed by atoms with Gasteiger partial charge in [-0.1, -0.05) is 18.2 Å². The molecule has 1 atom stereocenters. The molecule has 0 aromatic heterocycles. The number of alkyl halides is 3. The summed E-state index contributed by atoms with van der Waals surface area (Å²) in [6, 6.07) is 5.10. The molecule has 1 N–H and O–H groups in total. The first kappa shape index (κ1) is 19.8. The molecular weight excluding hydrogens is 397 g/mol. The number of nitrogens with one attached hydrogen (secondary N) is 1. The van der Waals surface area contributed by atoms with Crippen LogP contribution in [0.3, 0.4) is 0 Å². The summed E-state index contributed by atoms with van der Waals surface area (Å²) in [5.41, 5.74) is 0.712. The van der Waals surface area contributed by atoms with Crippen molar-refractivity contribution in [2.24, 2.45) is 5.41 Å². The number of carbonyl (C=O) groups is 2. The van der Waals surface area contributed by atoms with Gasteiger partial charge in [0, 0.05) is 12.5 Å². The van der Waals surface area contributed by atoms with Crippen LogP contribution in [0.4, 0.5) is 18.0 Å². The standard InChI is InChI=1S/C22H25F3N2O3/c1-30-16-6-8-20(9-7-16)11-15-5-4-14(13-2-3-13)10-17(15)22(20)18(28)27(19(29)26-22)12-21(23,24)25/h4-5,10,13,16H,2-3,6-9,11-12H2,1H3,(H,26,29). The van der Waals surface area contributed by atoms with Gasteiger partial charge in [0.15, 0.2) is 5.54 Å². The van der Waals surface area contributed by atoms with Crippen molar-refractivity contribution in [1.82, 2.24) is 10.2 Å². The molecule has 3 fully saturated rings. The molecule has 1 heterocycles. The molecule has 2 spiro atoms. The molecule has 3 amide bonds. The van der Waals surface area contributed by atoms with Crippen LogP contribution in [0.1, 0.15) is 61.1 Å². The maximum Gasteiger partial charge on any atom is 0.406 e. The second-order valence-corrected chi connectivity index (χ2v) is 9.27. The Morgan fingerprint density at radius 3 is 2.47 bits per heavy atom. The molecule has 1 unspecified atom stereocenters. The van der Waals surface area contributed by atoms with E-state index in [1.165, 1.54) is 0 Å². The van der Waals surface area contributed by atoms with Crippen molar-refractivity contribution in [2.45, 2.75) is 68.7 Å². The average molecular weight is 422 g/mol. The van der Waals surface area contributed by atoms with Gasteiger partial charge in [-0.05, 0) is 67.6 Å². The highest BCUT2D eigenvalue weighted by Gasteiger charge is 2.68. The largest absolute Gasteiger partial charge is 0.406 e. The van der Waals surface area contributed by atoms with Gasteiger partial charge < -0.3 is 10.1 Å². The Bertz CT molecular complexity index is 903. The molecule has 3 aliphatic carbocycles. The predicted molar refractivity (Wildman–Crippen MR) is 102 cm³/mol. The van der Waals surface area contributed by atoms with Gasteiger partial charge >= 0.3 is 12.2 Å². The summed E-state index contributed by atoms with van der Waals surface area (Å²) in [7, 11) is 1.65. The van der Waals surface area contributed by atoms with Gasteiger partial charge in [0.1, 0.15) is 6.54 Å². The Kier molecular flexibility index (Phi) is 4.27. The van der Waals surface area contributed by atoms with E-state index in [0.29, 0.717) is 48.5 Å². The van der Waals surface area contributed by atoms with Gasteiger partial charge in [-0.15, -0.1) is 0 Å². The van der Waals surface area contributed by atoms with E-state index in [9.17, 15) is 22.8 Å². The van der Waals surface area contributed by atoms with E-state index in [2.05, 4.69) is 11.4 Å². The number of ether oxygens (including phenoxy) is 1. The molecule has 4 aliphatic rings. The van der Waals surface area contributed by atoms with Crippen molar-refractivity contribution < 1.29 is 27.5 Å². The predicted octanol–water partition coefficient (Wildman–Crippen LogP) is 4.00. The second-order valence-electron chi connectivity index (χ2n) is 9.27. The lowest BCUT2D eigenvalue weighted by Gasteiger charge is -2.46. The smallest absolute Gasteiger partial charge is 0.381 e. The fourth-order valence-corrected chi connectivity index (χ4v) is 5.92. The zero-order valence-corrected chi connectivity index (χ0v) is 16.8. The molecule has 1 aromatic rings. The van der Waals surface area contributed by atoms with Gasteiger partial charge in [-0.25, -0.2) is 4.79 Å². The van der Waals surface area contributed by atoms with Crippen molar-refractivity contribution in [3.8, 4) is 0 Å². The second kappa shape index (κ2) is 6.45. The molecule has 1 aromatic carbocycles. The van der Waals surface area contributed by atoms with Crippen molar-refractivity contribution in [3.63, 3.8) is 0 Å². The number of hydrogen-bond donors (Lipinski definition) is 1. The van der Waals surface area contributed by atoms with E-state index >= 15 is 0 Å². The third kappa shape index (κ3) is 2.79. The monoisotopic (exact) mass is 422 g/mol. The fourth-order valence-electron chi connectivity index (χ4n) is 5.92. The van der Waals surface area contributed by atoms with Crippen molar-refractivity contribution in [2.75, 3.05) is 13.7 Å². The zero-order valence-electron chi connectivity index (χ0n) is 16.8. The van der Waals surface area contributed by atoms with Crippen LogP contribution in [0.25, 0.3) is 0 Å². The lowest BCUT2D eigenvalue weighted by atomic mass is 9.61. The molecular formula is C22H25F3N2O3. The van der Waals surface area contributed by atoms with Crippen molar-refractivity contribution in [3.05, 3.63) is 34.9 Å². The number of imide groups is 1. The number of carbonyl (C=O) groups excluding carboxylic acids is 2. The zero-order chi connectivity index (χ0) is 21.3. The van der Waals surface area contributed by atoms with Crippen LogP contribution in [0.15, 0.2) is 18.2 Å². The number of halogens is 3. The number of rotatable bonds is 3. The summed E-state index contributed by atoms with van der Waals surface area (Å²) in [6.45, 7) is -1.56. The molecule has 0 radical (unpaired) electrons. The Balaban J connectivity index is 1.62. The third-order valence-electron chi connectivity index (χ3n) is 7.58. The SMILES string of the molecule is COC1CCC2(CC1)Cc1ccc(C3CC3)cc1C21NC(=O)N(CC(F)(F)F)C1=O. The maximum absolute atomic E-state index is 13.6. The van der Waals surface area contributed by atoms with Crippen LogP contribution in [-0.2, 0) is 21.5 Å². The Hall–Kier alpha value is -2.09. The normalized spacial score (nSPS) is 33.5. The van der Waals surface area contributed by atoms with Crippen LogP contribution < -0.4 is 5.32 Å². The van der Waals surface area contributed by atoms with E-state index in [4.69, 9.17) is 4.74 Å². The minimum atomic E-state index is -4.64. The first-order chi connectivity index (χ1) is 14.2. The molecule has 2 saturated carbocycles. The van der Waals surface area contributed by atoms with E-state index < -0.39 is 35.6 Å². The van der Waals surface area contributed by atoms with Crippen LogP contribution in [0.5, 0.6) is 0 Å². The third-order valence-corrected chi connectivity index (χ3v) is 7.58. The highest BCUT2D eigenvalue weighted by molar-refractivity contribution is 6.09. The van der Waals surface area contributed by atoms with Gasteiger partial charge in [-0.3, -0.25) is 9.69 Å². The molecule has 1 saturated heterocycles. The lowest BCUT2D eigenvalue weighted by Crippen LogP contribution is -2.57. The summed E-state index contributed by atoms with van der Waals surface area (Å²) < 4.78 is 44.9. The number of amides is 3. The van der Waals surface area contributed by atoms with Gasteiger partial charge in [0.2, 0.25) is 0 Å². The van der Waals surface area contributed by atoms with Gasteiger partial charge in [0.05, 0.1) is 6.10 Å². The first-order valence-electron chi connectivity index (χ1n) is 10.6. The van der Waals surface area contributed by atoms with Crippen LogP contribution >= 0.6 is 0 Å². The summed E-state index contributed by atoms with van der Waals surface area (Å²) in [4.78, 5) is 26.7. The average Bonchev–Trinajstić information content (AvgIpc) is 3.47. The lowest BCUT2D eigenvalue weighted by molar-refractivity contribution is -0.158. The summed E-state index contributed by atoms with van der Waals surface area (Å²) >= 11 is 0. The summed E-state index contributed by atoms with van der Waals surface area (Å²) in [6.07, 6.45) is 0.813. The van der Waals surface area contributed by atoms with E-state index in [-0.39, 0.29) is 6.10 Å². The quantitative estimate of drug-likeness (QED) is 0.749. The van der Waals surface area contributed by atoms with E-state index in [1.807, 2.05) is 12.1 Å². The number of methoxy groups -OCH3 is 1. The summed E-state index contributed by atoms with van der Waals surface area (Å²) in [5.74, 6) is -0.320. The summed E-state index contributed by atoms with van der Waals surface area (Å²) in [5, 5.41) is 2.78. The van der Waals surface area contributed by atoms with E-state index in [0.717, 1.165) is 24.0 Å². The number of benzene rings is 1. The molecule has 1 aliphatic heterocycles. The molecule has 30 heavy (non-hydrogen) atoms. The molecule has 162 valence electrons. The molecule has 5 rings (SSSR count). The minimum Gasteiger partial charge on any atom is -0.381 e. The highest BCUT2D eigenvalue weighted by Crippen LogP contribution is 2.60. The van der Waals surface area contributed by atoms with Crippen molar-refractivity contribution >= 4 is 11.9 Å². The number of nitrogens with zero attached hydrogens (tertiary/aromatic N) is 1. The molecule has 8 heteroatoms. The fraction of sp³-hybridized carbons (Fsp3) is 0.636. The Labute approximate surface area is 172 Å². The molecule has 0 bridgehead atoms. The number of hydrogen-bond acceptors (Lipinski definition) is 3. The van der Waals surface area contributed by atoms with Crippen molar-refractivity contribution in [1.29, 1.82) is 0 Å². The Morgan fingerprint density at radius 1 is 1.17 bits per heavy atom. The number of fused-ring (bicyclic) bond motifs is 3. The van der Waals surface area contributed by atoms with Gasteiger partial charge in [-0.2, -0.15) is 13.2 Å². The van der Waals surface area contributed by atoms with Gasteiger partial charge in [0.25, 0.3) is 5.91 Å². The first-order valence-corrected chi connectivity index (χ1v) is 10.6. The Morgan fingerprint density at radius 2 is 1.87 bits per heavy atom. The topological polar surface area (TPSA) is 58.6 Å². The maximum atomic E-state index is 13.6. The van der Waals surface area contributed by atoms with Crippen LogP contribution in [0.2, 0.25) is 0 Å². The number of urea groups is 1. The highest BCUT2D eigenvalue weighted by atomic mass is 19.4. The van der Waals surface area contributed by atoms with E-state index in [1.54, 1.807) is 7.11 Å². The van der Waals surface area contributed by atoms with Crippen LogP contribution in [-0.4, -0.2) is 42.8 Å².